The molecule has 154 valence electrons. The van der Waals surface area contributed by atoms with Crippen LogP contribution in [0.3, 0.4) is 0 Å². The summed E-state index contributed by atoms with van der Waals surface area (Å²) in [5.74, 6) is -0.515. The number of carbonyl (C=O) groups is 2. The number of carbonyl (C=O) groups excluding carboxylic acids is 2. The highest BCUT2D eigenvalue weighted by molar-refractivity contribution is 8.15. The number of hydrogen-bond donors (Lipinski definition) is 0. The van der Waals surface area contributed by atoms with Gasteiger partial charge in [-0.1, -0.05) is 72.8 Å². The second kappa shape index (κ2) is 8.66. The van der Waals surface area contributed by atoms with Crippen molar-refractivity contribution in [3.63, 3.8) is 0 Å². The van der Waals surface area contributed by atoms with Crippen LogP contribution in [0.5, 0.6) is 0 Å². The fourth-order valence-corrected chi connectivity index (χ4v) is 4.87. The Balaban J connectivity index is 1.71. The van der Waals surface area contributed by atoms with Crippen LogP contribution >= 0.6 is 23.4 Å². The minimum absolute atomic E-state index is 0.0398. The quantitative estimate of drug-likeness (QED) is 0.605. The van der Waals surface area contributed by atoms with Gasteiger partial charge in [-0.05, 0) is 36.6 Å². The standard InChI is InChI=1S/C23H21ClN2O3S/c1-3-18-21(27)26-20(16-9-11-17(24)12-10-16)19(14(2)25-23(26)30-18)22(28)29-13-15-7-5-4-6-8-15/h4-12,18,20H,3,13H2,1-2H3/t18-,20+/m0/s1. The molecule has 0 saturated carbocycles. The predicted octanol–water partition coefficient (Wildman–Crippen LogP) is 5.12. The third-order valence-corrected chi connectivity index (χ3v) is 6.71. The van der Waals surface area contributed by atoms with Gasteiger partial charge in [0.1, 0.15) is 6.61 Å². The zero-order chi connectivity index (χ0) is 21.3. The van der Waals surface area contributed by atoms with Gasteiger partial charge < -0.3 is 4.74 Å². The third kappa shape index (κ3) is 3.89. The summed E-state index contributed by atoms with van der Waals surface area (Å²) < 4.78 is 5.61. The zero-order valence-corrected chi connectivity index (χ0v) is 18.2. The number of fused-ring (bicyclic) bond motifs is 1. The van der Waals surface area contributed by atoms with Gasteiger partial charge in [0.15, 0.2) is 5.17 Å². The number of benzene rings is 2. The van der Waals surface area contributed by atoms with E-state index < -0.39 is 12.0 Å². The number of ether oxygens (including phenoxy) is 1. The molecule has 0 radical (unpaired) electrons. The average molecular weight is 441 g/mol. The van der Waals surface area contributed by atoms with Gasteiger partial charge in [-0.2, -0.15) is 0 Å². The first kappa shape index (κ1) is 20.7. The van der Waals surface area contributed by atoms with Crippen molar-refractivity contribution in [2.45, 2.75) is 38.2 Å². The Bertz CT molecular complexity index is 1030. The van der Waals surface area contributed by atoms with Crippen LogP contribution in [-0.2, 0) is 20.9 Å². The number of halogens is 1. The zero-order valence-electron chi connectivity index (χ0n) is 16.7. The van der Waals surface area contributed by atoms with Gasteiger partial charge in [0.25, 0.3) is 0 Å². The first-order valence-electron chi connectivity index (χ1n) is 9.75. The highest BCUT2D eigenvalue weighted by Crippen LogP contribution is 2.44. The van der Waals surface area contributed by atoms with Gasteiger partial charge in [0.05, 0.1) is 22.6 Å². The van der Waals surface area contributed by atoms with Crippen LogP contribution in [0.2, 0.25) is 5.02 Å². The molecule has 0 aromatic heterocycles. The second-order valence-electron chi connectivity index (χ2n) is 7.13. The van der Waals surface area contributed by atoms with E-state index >= 15 is 0 Å². The highest BCUT2D eigenvalue weighted by Gasteiger charge is 2.47. The minimum atomic E-state index is -0.588. The van der Waals surface area contributed by atoms with Crippen molar-refractivity contribution in [3.8, 4) is 0 Å². The molecular weight excluding hydrogens is 420 g/mol. The van der Waals surface area contributed by atoms with Gasteiger partial charge >= 0.3 is 5.97 Å². The van der Waals surface area contributed by atoms with Crippen LogP contribution in [0.1, 0.15) is 37.4 Å². The Morgan fingerprint density at radius 3 is 2.53 bits per heavy atom. The van der Waals surface area contributed by atoms with Crippen molar-refractivity contribution in [1.29, 1.82) is 0 Å². The van der Waals surface area contributed by atoms with Crippen molar-refractivity contribution in [3.05, 3.63) is 82.0 Å². The fourth-order valence-electron chi connectivity index (χ4n) is 3.61. The molecule has 2 atom stereocenters. The normalized spacial score (nSPS) is 20.8. The summed E-state index contributed by atoms with van der Waals surface area (Å²) in [5.41, 5.74) is 2.63. The summed E-state index contributed by atoms with van der Waals surface area (Å²) in [7, 11) is 0. The molecule has 1 amide bonds. The first-order valence-corrected chi connectivity index (χ1v) is 11.0. The number of amides is 1. The molecule has 0 N–H and O–H groups in total. The molecular formula is C23H21ClN2O3S. The van der Waals surface area contributed by atoms with Gasteiger partial charge in [-0.25, -0.2) is 9.79 Å². The molecule has 2 aliphatic rings. The van der Waals surface area contributed by atoms with Crippen molar-refractivity contribution in [2.24, 2.45) is 4.99 Å². The van der Waals surface area contributed by atoms with Crippen LogP contribution in [0.25, 0.3) is 0 Å². The predicted molar refractivity (Wildman–Crippen MR) is 119 cm³/mol. The summed E-state index contributed by atoms with van der Waals surface area (Å²) in [4.78, 5) is 32.5. The molecule has 0 aliphatic carbocycles. The van der Waals surface area contributed by atoms with E-state index in [4.69, 9.17) is 16.3 Å². The monoisotopic (exact) mass is 440 g/mol. The van der Waals surface area contributed by atoms with Crippen LogP contribution in [0, 0.1) is 0 Å². The van der Waals surface area contributed by atoms with Crippen molar-refractivity contribution >= 4 is 40.4 Å². The van der Waals surface area contributed by atoms with Crippen LogP contribution in [-0.4, -0.2) is 27.2 Å². The number of thioether (sulfide) groups is 1. The maximum absolute atomic E-state index is 13.2. The lowest BCUT2D eigenvalue weighted by Crippen LogP contribution is -2.40. The largest absolute Gasteiger partial charge is 0.457 e. The molecule has 0 unspecified atom stereocenters. The Kier molecular flexibility index (Phi) is 5.97. The van der Waals surface area contributed by atoms with Gasteiger partial charge in [-0.15, -0.1) is 0 Å². The Hall–Kier alpha value is -2.57. The molecule has 0 spiro atoms. The molecule has 30 heavy (non-hydrogen) atoms. The lowest BCUT2D eigenvalue weighted by Gasteiger charge is -2.33. The van der Waals surface area contributed by atoms with Crippen molar-refractivity contribution in [2.75, 3.05) is 0 Å². The minimum Gasteiger partial charge on any atom is -0.457 e. The van der Waals surface area contributed by atoms with Crippen molar-refractivity contribution in [1.82, 2.24) is 4.90 Å². The fraction of sp³-hybridized carbons (Fsp3) is 0.261. The number of aliphatic imine (C=N–C) groups is 1. The molecule has 2 heterocycles. The van der Waals surface area contributed by atoms with Gasteiger partial charge in [-0.3, -0.25) is 9.69 Å². The molecule has 1 fully saturated rings. The number of allylic oxidation sites excluding steroid dienone is 1. The van der Waals surface area contributed by atoms with E-state index in [1.54, 1.807) is 24.0 Å². The molecule has 2 aromatic rings. The van der Waals surface area contributed by atoms with Gasteiger partial charge in [0, 0.05) is 5.02 Å². The van der Waals surface area contributed by atoms with E-state index in [2.05, 4.69) is 4.99 Å². The maximum Gasteiger partial charge on any atom is 0.338 e. The summed E-state index contributed by atoms with van der Waals surface area (Å²) in [5, 5.41) is 1.01. The van der Waals surface area contributed by atoms with Crippen molar-refractivity contribution < 1.29 is 14.3 Å². The van der Waals surface area contributed by atoms with E-state index in [9.17, 15) is 9.59 Å². The van der Waals surface area contributed by atoms with E-state index in [0.717, 1.165) is 11.1 Å². The van der Waals surface area contributed by atoms with E-state index in [0.29, 0.717) is 27.9 Å². The Labute approximate surface area is 184 Å². The molecule has 4 rings (SSSR count). The number of hydrogen-bond acceptors (Lipinski definition) is 5. The van der Waals surface area contributed by atoms with Crippen LogP contribution in [0.15, 0.2) is 70.9 Å². The topological polar surface area (TPSA) is 59.0 Å². The molecule has 2 aromatic carbocycles. The Morgan fingerprint density at radius 1 is 1.17 bits per heavy atom. The molecule has 0 bridgehead atoms. The molecule has 2 aliphatic heterocycles. The SMILES string of the molecule is CC[C@@H]1SC2=NC(C)=C(C(=O)OCc3ccccc3)[C@@H](c3ccc(Cl)cc3)N2C1=O. The number of rotatable bonds is 5. The highest BCUT2D eigenvalue weighted by atomic mass is 35.5. The summed E-state index contributed by atoms with van der Waals surface area (Å²) >= 11 is 7.52. The molecule has 7 heteroatoms. The van der Waals surface area contributed by atoms with Crippen LogP contribution < -0.4 is 0 Å². The number of amidine groups is 1. The average Bonchev–Trinajstić information content (AvgIpc) is 3.07. The first-order chi connectivity index (χ1) is 14.5. The summed E-state index contributed by atoms with van der Waals surface area (Å²) in [6.07, 6.45) is 0.694. The lowest BCUT2D eigenvalue weighted by atomic mass is 9.94. The second-order valence-corrected chi connectivity index (χ2v) is 8.74. The van der Waals surface area contributed by atoms with E-state index in [1.165, 1.54) is 11.8 Å². The molecule has 1 saturated heterocycles. The third-order valence-electron chi connectivity index (χ3n) is 5.14. The smallest absolute Gasteiger partial charge is 0.338 e. The molecule has 5 nitrogen and oxygen atoms in total. The Morgan fingerprint density at radius 2 is 1.87 bits per heavy atom. The maximum atomic E-state index is 13.2. The summed E-state index contributed by atoms with van der Waals surface area (Å²) in [6, 6.07) is 16.1. The number of esters is 1. The number of nitrogens with zero attached hydrogens (tertiary/aromatic N) is 2. The van der Waals surface area contributed by atoms with E-state index in [1.807, 2.05) is 49.4 Å². The van der Waals surface area contributed by atoms with Gasteiger partial charge in [0.2, 0.25) is 5.91 Å². The van der Waals surface area contributed by atoms with E-state index in [-0.39, 0.29) is 17.8 Å². The lowest BCUT2D eigenvalue weighted by molar-refractivity contribution is -0.141. The summed E-state index contributed by atoms with van der Waals surface area (Å²) in [6.45, 7) is 3.92. The van der Waals surface area contributed by atoms with Crippen LogP contribution in [0.4, 0.5) is 0 Å².